The first-order valence-electron chi connectivity index (χ1n) is 5.28. The van der Waals surface area contributed by atoms with Gasteiger partial charge < -0.3 is 15.4 Å². The number of benzene rings is 1. The van der Waals surface area contributed by atoms with Crippen LogP contribution in [0.25, 0.3) is 0 Å². The maximum absolute atomic E-state index is 5.89. The molecule has 0 aliphatic carbocycles. The minimum Gasteiger partial charge on any atom is -0.495 e. The van der Waals surface area contributed by atoms with Gasteiger partial charge in [-0.3, -0.25) is 0 Å². The van der Waals surface area contributed by atoms with E-state index in [1.165, 1.54) is 6.33 Å². The zero-order valence-electron chi connectivity index (χ0n) is 10.1. The summed E-state index contributed by atoms with van der Waals surface area (Å²) < 4.78 is 5.30. The van der Waals surface area contributed by atoms with Gasteiger partial charge in [0.2, 0.25) is 0 Å². The van der Waals surface area contributed by atoms with Crippen molar-refractivity contribution in [2.45, 2.75) is 0 Å². The summed E-state index contributed by atoms with van der Waals surface area (Å²) in [5.41, 5.74) is 7.06. The summed E-state index contributed by atoms with van der Waals surface area (Å²) >= 11 is 5.89. The van der Waals surface area contributed by atoms with Gasteiger partial charge in [0.1, 0.15) is 17.8 Å². The minimum absolute atomic E-state index is 0.238. The van der Waals surface area contributed by atoms with Crippen LogP contribution in [0.4, 0.5) is 17.2 Å². The first-order valence-corrected chi connectivity index (χ1v) is 5.65. The maximum atomic E-state index is 5.89. The third-order valence-electron chi connectivity index (χ3n) is 2.58. The Morgan fingerprint density at radius 2 is 2.00 bits per heavy atom. The van der Waals surface area contributed by atoms with Crippen molar-refractivity contribution in [2.24, 2.45) is 0 Å². The molecule has 0 radical (unpaired) electrons. The van der Waals surface area contributed by atoms with Crippen LogP contribution in [0.1, 0.15) is 0 Å². The Bertz CT molecular complexity index is 562. The van der Waals surface area contributed by atoms with Crippen molar-refractivity contribution in [3.8, 4) is 5.75 Å². The van der Waals surface area contributed by atoms with E-state index in [2.05, 4.69) is 9.97 Å². The second-order valence-corrected chi connectivity index (χ2v) is 3.99. The van der Waals surface area contributed by atoms with Crippen LogP contribution in [0.3, 0.4) is 0 Å². The molecular weight excluding hydrogens is 252 g/mol. The number of nitrogen functional groups attached to an aromatic ring is 1. The number of para-hydroxylation sites is 2. The largest absolute Gasteiger partial charge is 0.495 e. The molecule has 18 heavy (non-hydrogen) atoms. The molecule has 1 heterocycles. The molecule has 0 bridgehead atoms. The number of hydrogen-bond acceptors (Lipinski definition) is 5. The molecule has 0 unspecified atom stereocenters. The van der Waals surface area contributed by atoms with E-state index in [4.69, 9.17) is 22.1 Å². The molecule has 5 nitrogen and oxygen atoms in total. The van der Waals surface area contributed by atoms with E-state index in [0.717, 1.165) is 11.4 Å². The summed E-state index contributed by atoms with van der Waals surface area (Å²) in [7, 11) is 3.45. The highest BCUT2D eigenvalue weighted by Crippen LogP contribution is 2.35. The van der Waals surface area contributed by atoms with Gasteiger partial charge in [-0.1, -0.05) is 23.7 Å². The fraction of sp³-hybridized carbons (Fsp3) is 0.167. The van der Waals surface area contributed by atoms with Crippen LogP contribution in [0.2, 0.25) is 5.15 Å². The topological polar surface area (TPSA) is 64.3 Å². The molecule has 0 fully saturated rings. The Kier molecular flexibility index (Phi) is 3.53. The summed E-state index contributed by atoms with van der Waals surface area (Å²) in [6, 6.07) is 7.58. The predicted molar refractivity (Wildman–Crippen MR) is 72.5 cm³/mol. The van der Waals surface area contributed by atoms with Crippen LogP contribution in [0.15, 0.2) is 30.6 Å². The number of rotatable bonds is 3. The summed E-state index contributed by atoms with van der Waals surface area (Å²) in [4.78, 5) is 9.78. The van der Waals surface area contributed by atoms with E-state index in [1.54, 1.807) is 7.11 Å². The smallest absolute Gasteiger partial charge is 0.161 e. The zero-order chi connectivity index (χ0) is 13.1. The average molecular weight is 265 g/mol. The maximum Gasteiger partial charge on any atom is 0.161 e. The molecule has 0 aliphatic heterocycles. The van der Waals surface area contributed by atoms with Crippen molar-refractivity contribution in [3.63, 3.8) is 0 Å². The fourth-order valence-corrected chi connectivity index (χ4v) is 1.78. The molecule has 0 aliphatic rings. The van der Waals surface area contributed by atoms with Crippen LogP contribution in [0, 0.1) is 0 Å². The molecule has 0 spiro atoms. The molecule has 1 aromatic heterocycles. The number of aromatic nitrogens is 2. The first-order chi connectivity index (χ1) is 8.65. The van der Waals surface area contributed by atoms with Crippen LogP contribution in [-0.4, -0.2) is 24.1 Å². The minimum atomic E-state index is 0.238. The molecule has 2 N–H and O–H groups in total. The number of nitrogens with zero attached hydrogens (tertiary/aromatic N) is 3. The van der Waals surface area contributed by atoms with Crippen LogP contribution in [-0.2, 0) is 0 Å². The van der Waals surface area contributed by atoms with E-state index >= 15 is 0 Å². The lowest BCUT2D eigenvalue weighted by Crippen LogP contribution is -2.14. The van der Waals surface area contributed by atoms with Crippen molar-refractivity contribution >= 4 is 28.8 Å². The summed E-state index contributed by atoms with van der Waals surface area (Å²) in [6.45, 7) is 0. The highest BCUT2D eigenvalue weighted by atomic mass is 35.5. The summed E-state index contributed by atoms with van der Waals surface area (Å²) in [5.74, 6) is 1.27. The molecule has 1 aromatic carbocycles. The predicted octanol–water partition coefficient (Wildman–Crippen LogP) is 2.49. The summed E-state index contributed by atoms with van der Waals surface area (Å²) in [5, 5.41) is 0.238. The van der Waals surface area contributed by atoms with E-state index in [-0.39, 0.29) is 5.15 Å². The molecular formula is C12H13ClN4O. The Morgan fingerprint density at radius 1 is 1.28 bits per heavy atom. The van der Waals surface area contributed by atoms with Crippen molar-refractivity contribution in [2.75, 3.05) is 24.8 Å². The van der Waals surface area contributed by atoms with Crippen LogP contribution < -0.4 is 15.4 Å². The number of anilines is 3. The lowest BCUT2D eigenvalue weighted by atomic mass is 10.2. The van der Waals surface area contributed by atoms with Gasteiger partial charge in [-0.2, -0.15) is 0 Å². The van der Waals surface area contributed by atoms with Gasteiger partial charge in [-0.05, 0) is 12.1 Å². The van der Waals surface area contributed by atoms with Gasteiger partial charge in [0.25, 0.3) is 0 Å². The number of ether oxygens (including phenoxy) is 1. The van der Waals surface area contributed by atoms with E-state index < -0.39 is 0 Å². The van der Waals surface area contributed by atoms with Gasteiger partial charge in [-0.25, -0.2) is 9.97 Å². The SMILES string of the molecule is COc1ccccc1N(C)c1ncnc(Cl)c1N. The second-order valence-electron chi connectivity index (χ2n) is 3.63. The Labute approximate surface area is 110 Å². The third kappa shape index (κ3) is 2.17. The standard InChI is InChI=1S/C12H13ClN4O/c1-17(8-5-3-4-6-9(8)18-2)12-10(14)11(13)15-7-16-12/h3-7H,14H2,1-2H3. The zero-order valence-corrected chi connectivity index (χ0v) is 10.8. The van der Waals surface area contributed by atoms with Gasteiger partial charge in [0.05, 0.1) is 12.8 Å². The van der Waals surface area contributed by atoms with Gasteiger partial charge in [0, 0.05) is 7.05 Å². The number of hydrogen-bond donors (Lipinski definition) is 1. The molecule has 0 saturated heterocycles. The molecule has 0 amide bonds. The molecule has 0 saturated carbocycles. The van der Waals surface area contributed by atoms with E-state index in [1.807, 2.05) is 36.2 Å². The quantitative estimate of drug-likeness (QED) is 0.863. The highest BCUT2D eigenvalue weighted by Gasteiger charge is 2.15. The average Bonchev–Trinajstić information content (AvgIpc) is 2.41. The Morgan fingerprint density at radius 3 is 2.72 bits per heavy atom. The molecule has 2 rings (SSSR count). The van der Waals surface area contributed by atoms with Gasteiger partial charge in [0.15, 0.2) is 11.0 Å². The molecule has 6 heteroatoms. The van der Waals surface area contributed by atoms with Crippen molar-refractivity contribution in [1.82, 2.24) is 9.97 Å². The highest BCUT2D eigenvalue weighted by molar-refractivity contribution is 6.32. The monoisotopic (exact) mass is 264 g/mol. The lowest BCUT2D eigenvalue weighted by molar-refractivity contribution is 0.415. The van der Waals surface area contributed by atoms with Crippen LogP contribution in [0.5, 0.6) is 5.75 Å². The second kappa shape index (κ2) is 5.10. The molecule has 94 valence electrons. The number of halogens is 1. The Balaban J connectivity index is 2.48. The van der Waals surface area contributed by atoms with E-state index in [9.17, 15) is 0 Å². The molecule has 0 atom stereocenters. The van der Waals surface area contributed by atoms with Gasteiger partial charge >= 0.3 is 0 Å². The lowest BCUT2D eigenvalue weighted by Gasteiger charge is -2.21. The first kappa shape index (κ1) is 12.4. The van der Waals surface area contributed by atoms with Gasteiger partial charge in [-0.15, -0.1) is 0 Å². The van der Waals surface area contributed by atoms with Crippen LogP contribution >= 0.6 is 11.6 Å². The number of methoxy groups -OCH3 is 1. The van der Waals surface area contributed by atoms with E-state index in [0.29, 0.717) is 11.5 Å². The molecule has 2 aromatic rings. The van der Waals surface area contributed by atoms with Crippen molar-refractivity contribution < 1.29 is 4.74 Å². The normalized spacial score (nSPS) is 10.2. The fourth-order valence-electron chi connectivity index (χ4n) is 1.65. The number of nitrogens with two attached hydrogens (primary N) is 1. The third-order valence-corrected chi connectivity index (χ3v) is 2.88. The van der Waals surface area contributed by atoms with Crippen molar-refractivity contribution in [3.05, 3.63) is 35.7 Å². The Hall–Kier alpha value is -2.01. The summed E-state index contributed by atoms with van der Waals surface area (Å²) in [6.07, 6.45) is 1.37. The van der Waals surface area contributed by atoms with Crippen molar-refractivity contribution in [1.29, 1.82) is 0 Å².